The zero-order valence-corrected chi connectivity index (χ0v) is 18.2. The fourth-order valence-corrected chi connectivity index (χ4v) is 3.12. The van der Waals surface area contributed by atoms with Crippen molar-refractivity contribution in [2.75, 3.05) is 19.3 Å². The minimum Gasteiger partial charge on any atom is -0.392 e. The molecule has 0 atom stereocenters. The molecule has 2 aromatic carbocycles. The summed E-state index contributed by atoms with van der Waals surface area (Å²) in [7, 11) is 1.69. The Morgan fingerprint density at radius 3 is 2.52 bits per heavy atom. The predicted octanol–water partition coefficient (Wildman–Crippen LogP) is 3.92. The van der Waals surface area contributed by atoms with Crippen LogP contribution in [0.5, 0.6) is 0 Å². The zero-order valence-electron chi connectivity index (χ0n) is 15.0. The van der Waals surface area contributed by atoms with Gasteiger partial charge in [-0.1, -0.05) is 6.07 Å². The SMILES string of the molecule is CN=C(NCCCSc1ccc(F)cc1)NCc1ccc(F)c(CO)c1.I. The predicted molar refractivity (Wildman–Crippen MR) is 118 cm³/mol. The number of benzene rings is 2. The van der Waals surface area contributed by atoms with Crippen molar-refractivity contribution < 1.29 is 13.9 Å². The number of aliphatic hydroxyl groups is 1. The molecular weight excluding hydrogens is 483 g/mol. The molecule has 2 aromatic rings. The average Bonchev–Trinajstić information content (AvgIpc) is 2.66. The maximum Gasteiger partial charge on any atom is 0.191 e. The first-order valence-corrected chi connectivity index (χ1v) is 9.32. The number of aliphatic hydroxyl groups excluding tert-OH is 1. The third-order valence-electron chi connectivity index (χ3n) is 3.66. The average molecular weight is 507 g/mol. The number of rotatable bonds is 8. The molecule has 8 heteroatoms. The van der Waals surface area contributed by atoms with Gasteiger partial charge in [0.2, 0.25) is 0 Å². The highest BCUT2D eigenvalue weighted by atomic mass is 127. The number of hydrogen-bond donors (Lipinski definition) is 3. The summed E-state index contributed by atoms with van der Waals surface area (Å²) in [6.45, 7) is 0.912. The van der Waals surface area contributed by atoms with Gasteiger partial charge in [-0.05, 0) is 54.1 Å². The normalized spacial score (nSPS) is 11.0. The van der Waals surface area contributed by atoms with Crippen molar-refractivity contribution in [2.24, 2.45) is 4.99 Å². The molecule has 0 amide bonds. The van der Waals surface area contributed by atoms with E-state index in [1.807, 2.05) is 0 Å². The number of aliphatic imine (C=N–C) groups is 1. The van der Waals surface area contributed by atoms with Crippen LogP contribution in [0.2, 0.25) is 0 Å². The van der Waals surface area contributed by atoms with Crippen LogP contribution in [0.25, 0.3) is 0 Å². The van der Waals surface area contributed by atoms with E-state index in [2.05, 4.69) is 15.6 Å². The monoisotopic (exact) mass is 507 g/mol. The first-order valence-electron chi connectivity index (χ1n) is 8.33. The summed E-state index contributed by atoms with van der Waals surface area (Å²) < 4.78 is 26.2. The Balaban J connectivity index is 0.00000364. The quantitative estimate of drug-likeness (QED) is 0.167. The largest absolute Gasteiger partial charge is 0.392 e. The topological polar surface area (TPSA) is 56.7 Å². The molecule has 27 heavy (non-hydrogen) atoms. The molecule has 0 aliphatic heterocycles. The fourth-order valence-electron chi connectivity index (χ4n) is 2.27. The van der Waals surface area contributed by atoms with Gasteiger partial charge in [-0.15, -0.1) is 35.7 Å². The van der Waals surface area contributed by atoms with E-state index in [1.54, 1.807) is 43.1 Å². The lowest BCUT2D eigenvalue weighted by Gasteiger charge is -2.12. The molecule has 4 nitrogen and oxygen atoms in total. The third-order valence-corrected chi connectivity index (χ3v) is 4.76. The van der Waals surface area contributed by atoms with Crippen molar-refractivity contribution in [1.29, 1.82) is 0 Å². The van der Waals surface area contributed by atoms with E-state index in [1.165, 1.54) is 18.2 Å². The van der Waals surface area contributed by atoms with Gasteiger partial charge in [-0.3, -0.25) is 4.99 Å². The lowest BCUT2D eigenvalue weighted by molar-refractivity contribution is 0.275. The Morgan fingerprint density at radius 2 is 1.85 bits per heavy atom. The third kappa shape index (κ3) is 8.44. The number of thioether (sulfide) groups is 1. The van der Waals surface area contributed by atoms with Crippen LogP contribution in [0.1, 0.15) is 17.5 Å². The first kappa shape index (κ1) is 23.6. The molecule has 3 N–H and O–H groups in total. The summed E-state index contributed by atoms with van der Waals surface area (Å²) in [5, 5.41) is 15.5. The van der Waals surface area contributed by atoms with E-state index in [-0.39, 0.29) is 42.0 Å². The van der Waals surface area contributed by atoms with Gasteiger partial charge >= 0.3 is 0 Å². The maximum absolute atomic E-state index is 13.4. The molecule has 0 aromatic heterocycles. The molecule has 0 bridgehead atoms. The lowest BCUT2D eigenvalue weighted by Crippen LogP contribution is -2.37. The van der Waals surface area contributed by atoms with Gasteiger partial charge in [0.05, 0.1) is 6.61 Å². The highest BCUT2D eigenvalue weighted by Gasteiger charge is 2.04. The van der Waals surface area contributed by atoms with Gasteiger partial charge in [0.15, 0.2) is 5.96 Å². The fraction of sp³-hybridized carbons (Fsp3) is 0.316. The van der Waals surface area contributed by atoms with Crippen molar-refractivity contribution in [3.05, 3.63) is 65.2 Å². The lowest BCUT2D eigenvalue weighted by atomic mass is 10.1. The number of guanidine groups is 1. The number of hydrogen-bond acceptors (Lipinski definition) is 3. The van der Waals surface area contributed by atoms with Crippen LogP contribution in [0.3, 0.4) is 0 Å². The Kier molecular flexibility index (Phi) is 11.3. The molecule has 148 valence electrons. The van der Waals surface area contributed by atoms with Crippen LogP contribution in [0, 0.1) is 11.6 Å². The van der Waals surface area contributed by atoms with E-state index in [0.717, 1.165) is 29.2 Å². The van der Waals surface area contributed by atoms with Crippen LogP contribution in [-0.4, -0.2) is 30.4 Å². The van der Waals surface area contributed by atoms with Crippen molar-refractivity contribution >= 4 is 41.7 Å². The van der Waals surface area contributed by atoms with E-state index < -0.39 is 5.82 Å². The summed E-state index contributed by atoms with van der Waals surface area (Å²) in [5.74, 6) is 0.940. The summed E-state index contributed by atoms with van der Waals surface area (Å²) in [6.07, 6.45) is 0.925. The number of nitrogens with zero attached hydrogens (tertiary/aromatic N) is 1. The maximum atomic E-state index is 13.4. The second-order valence-electron chi connectivity index (χ2n) is 5.59. The minimum absolute atomic E-state index is 0. The van der Waals surface area contributed by atoms with Crippen LogP contribution in [-0.2, 0) is 13.2 Å². The summed E-state index contributed by atoms with van der Waals surface area (Å²) in [5.41, 5.74) is 1.15. The Hall–Kier alpha value is -1.39. The Labute approximate surface area is 179 Å². The van der Waals surface area contributed by atoms with Crippen LogP contribution < -0.4 is 10.6 Å². The minimum atomic E-state index is -0.405. The van der Waals surface area contributed by atoms with Crippen molar-refractivity contribution in [1.82, 2.24) is 10.6 Å². The Bertz CT molecular complexity index is 729. The van der Waals surface area contributed by atoms with Gasteiger partial charge in [0.1, 0.15) is 11.6 Å². The second kappa shape index (κ2) is 12.9. The van der Waals surface area contributed by atoms with Gasteiger partial charge in [-0.2, -0.15) is 0 Å². The number of halogens is 3. The number of nitrogens with one attached hydrogen (secondary N) is 2. The van der Waals surface area contributed by atoms with Crippen LogP contribution in [0.4, 0.5) is 8.78 Å². The molecule has 2 rings (SSSR count). The van der Waals surface area contributed by atoms with E-state index >= 15 is 0 Å². The summed E-state index contributed by atoms with van der Waals surface area (Å²) in [6, 6.07) is 11.1. The Morgan fingerprint density at radius 1 is 1.11 bits per heavy atom. The molecule has 0 aliphatic carbocycles. The molecule has 0 unspecified atom stereocenters. The van der Waals surface area contributed by atoms with Gasteiger partial charge in [0, 0.05) is 30.6 Å². The molecule has 0 saturated carbocycles. The highest BCUT2D eigenvalue weighted by Crippen LogP contribution is 2.18. The van der Waals surface area contributed by atoms with Gasteiger partial charge < -0.3 is 15.7 Å². The standard InChI is InChI=1S/C19H23F2N3OS.HI/c1-22-19(24-12-14-3-8-18(21)15(11-14)13-25)23-9-2-10-26-17-6-4-16(20)5-7-17;/h3-8,11,25H,2,9-10,12-13H2,1H3,(H2,22,23,24);1H. The highest BCUT2D eigenvalue weighted by molar-refractivity contribution is 14.0. The molecule has 0 radical (unpaired) electrons. The molecule has 0 aliphatic rings. The van der Waals surface area contributed by atoms with Crippen molar-refractivity contribution in [2.45, 2.75) is 24.5 Å². The van der Waals surface area contributed by atoms with Crippen molar-refractivity contribution in [3.63, 3.8) is 0 Å². The zero-order chi connectivity index (χ0) is 18.8. The molecular formula is C19H24F2IN3OS. The molecule has 0 fully saturated rings. The van der Waals surface area contributed by atoms with Crippen LogP contribution in [0.15, 0.2) is 52.4 Å². The van der Waals surface area contributed by atoms with E-state index in [9.17, 15) is 8.78 Å². The second-order valence-corrected chi connectivity index (χ2v) is 6.76. The van der Waals surface area contributed by atoms with Crippen LogP contribution >= 0.6 is 35.7 Å². The molecule has 0 saturated heterocycles. The summed E-state index contributed by atoms with van der Waals surface area (Å²) in [4.78, 5) is 5.20. The van der Waals surface area contributed by atoms with E-state index in [0.29, 0.717) is 12.5 Å². The van der Waals surface area contributed by atoms with Gasteiger partial charge in [-0.25, -0.2) is 8.78 Å². The first-order chi connectivity index (χ1) is 12.6. The van der Waals surface area contributed by atoms with Gasteiger partial charge in [0.25, 0.3) is 0 Å². The molecule has 0 spiro atoms. The smallest absolute Gasteiger partial charge is 0.191 e. The van der Waals surface area contributed by atoms with Crippen molar-refractivity contribution in [3.8, 4) is 0 Å². The van der Waals surface area contributed by atoms with E-state index in [4.69, 9.17) is 5.11 Å². The summed E-state index contributed by atoms with van der Waals surface area (Å²) >= 11 is 1.68. The molecule has 0 heterocycles.